The van der Waals surface area contributed by atoms with E-state index in [-0.39, 0.29) is 0 Å². The average molecular weight is 265 g/mol. The van der Waals surface area contributed by atoms with Gasteiger partial charge in [-0.05, 0) is 49.4 Å². The second-order valence-electron chi connectivity index (χ2n) is 5.22. The third-order valence-electron chi connectivity index (χ3n) is 3.75. The third kappa shape index (κ3) is 1.82. The molecular weight excluding hydrogens is 250 g/mol. The summed E-state index contributed by atoms with van der Waals surface area (Å²) in [5.74, 6) is 1.51. The van der Waals surface area contributed by atoms with Crippen LogP contribution in [0.4, 0.5) is 11.5 Å². The van der Waals surface area contributed by atoms with Crippen molar-refractivity contribution in [2.75, 3.05) is 5.32 Å². The molecule has 0 amide bonds. The van der Waals surface area contributed by atoms with Crippen LogP contribution in [0.5, 0.6) is 0 Å². The highest BCUT2D eigenvalue weighted by molar-refractivity contribution is 5.60. The van der Waals surface area contributed by atoms with Crippen molar-refractivity contribution in [1.82, 2.24) is 19.6 Å². The summed E-state index contributed by atoms with van der Waals surface area (Å²) >= 11 is 0. The summed E-state index contributed by atoms with van der Waals surface area (Å²) < 4.78 is 1.72. The van der Waals surface area contributed by atoms with Gasteiger partial charge in [-0.3, -0.25) is 0 Å². The molecule has 5 nitrogen and oxygen atoms in total. The minimum absolute atomic E-state index is 0.619. The van der Waals surface area contributed by atoms with Crippen LogP contribution in [0.2, 0.25) is 0 Å². The first kappa shape index (κ1) is 11.4. The molecular formula is C15H15N5. The van der Waals surface area contributed by atoms with Gasteiger partial charge in [0, 0.05) is 17.4 Å². The summed E-state index contributed by atoms with van der Waals surface area (Å²) in [5.41, 5.74) is 4.95. The normalized spacial score (nSPS) is 13.7. The van der Waals surface area contributed by atoms with Gasteiger partial charge >= 0.3 is 0 Å². The van der Waals surface area contributed by atoms with Crippen molar-refractivity contribution in [2.45, 2.75) is 26.2 Å². The molecule has 0 spiro atoms. The molecule has 4 rings (SSSR count). The molecule has 0 unspecified atom stereocenters. The van der Waals surface area contributed by atoms with E-state index in [1.807, 2.05) is 13.0 Å². The van der Waals surface area contributed by atoms with E-state index in [0.717, 1.165) is 17.2 Å². The molecule has 5 heteroatoms. The maximum atomic E-state index is 4.35. The Labute approximate surface area is 116 Å². The molecule has 0 saturated carbocycles. The van der Waals surface area contributed by atoms with Crippen molar-refractivity contribution in [3.63, 3.8) is 0 Å². The van der Waals surface area contributed by atoms with E-state index >= 15 is 0 Å². The number of hydrogen-bond donors (Lipinski definition) is 1. The van der Waals surface area contributed by atoms with Crippen molar-refractivity contribution in [3.05, 3.63) is 47.4 Å². The average Bonchev–Trinajstić information content (AvgIpc) is 3.05. The first-order valence-corrected chi connectivity index (χ1v) is 6.86. The summed E-state index contributed by atoms with van der Waals surface area (Å²) in [6, 6.07) is 8.57. The van der Waals surface area contributed by atoms with E-state index in [9.17, 15) is 0 Å². The highest BCUT2D eigenvalue weighted by atomic mass is 15.3. The van der Waals surface area contributed by atoms with E-state index in [0.29, 0.717) is 5.78 Å². The van der Waals surface area contributed by atoms with Gasteiger partial charge in [-0.2, -0.15) is 14.6 Å². The van der Waals surface area contributed by atoms with E-state index in [4.69, 9.17) is 0 Å². The summed E-state index contributed by atoms with van der Waals surface area (Å²) in [6.07, 6.45) is 5.17. The molecule has 0 radical (unpaired) electrons. The number of aromatic nitrogens is 4. The Bertz CT molecular complexity index is 790. The minimum Gasteiger partial charge on any atom is -0.340 e. The smallest absolute Gasteiger partial charge is 0.254 e. The quantitative estimate of drug-likeness (QED) is 0.774. The molecule has 0 fully saturated rings. The van der Waals surface area contributed by atoms with E-state index in [1.165, 1.54) is 36.7 Å². The van der Waals surface area contributed by atoms with Crippen LogP contribution in [0.1, 0.15) is 23.2 Å². The van der Waals surface area contributed by atoms with Gasteiger partial charge in [0.15, 0.2) is 0 Å². The second kappa shape index (κ2) is 4.30. The van der Waals surface area contributed by atoms with Crippen molar-refractivity contribution >= 4 is 17.3 Å². The van der Waals surface area contributed by atoms with Gasteiger partial charge < -0.3 is 5.32 Å². The molecule has 0 aliphatic heterocycles. The Morgan fingerprint density at radius 2 is 2.05 bits per heavy atom. The lowest BCUT2D eigenvalue weighted by molar-refractivity contribution is 0.911. The SMILES string of the molecule is Cc1cc(Nc2ccc3c(c2)CCC3)n2ncnc2n1. The molecule has 0 atom stereocenters. The number of rotatable bonds is 2. The number of aryl methyl sites for hydroxylation is 3. The Morgan fingerprint density at radius 1 is 1.15 bits per heavy atom. The number of anilines is 2. The van der Waals surface area contributed by atoms with Crippen LogP contribution >= 0.6 is 0 Å². The zero-order valence-corrected chi connectivity index (χ0v) is 11.3. The van der Waals surface area contributed by atoms with Crippen molar-refractivity contribution in [3.8, 4) is 0 Å². The van der Waals surface area contributed by atoms with Gasteiger partial charge in [-0.25, -0.2) is 4.98 Å². The van der Waals surface area contributed by atoms with E-state index in [1.54, 1.807) is 4.52 Å². The Hall–Kier alpha value is -2.43. The molecule has 2 aromatic heterocycles. The van der Waals surface area contributed by atoms with Gasteiger partial charge in [0.2, 0.25) is 0 Å². The van der Waals surface area contributed by atoms with Crippen LogP contribution in [0.25, 0.3) is 5.78 Å². The Kier molecular flexibility index (Phi) is 2.45. The Morgan fingerprint density at radius 3 is 3.00 bits per heavy atom. The highest BCUT2D eigenvalue weighted by Gasteiger charge is 2.12. The number of hydrogen-bond acceptors (Lipinski definition) is 4. The summed E-state index contributed by atoms with van der Waals surface area (Å²) in [6.45, 7) is 1.96. The molecule has 1 aliphatic rings. The first-order valence-electron chi connectivity index (χ1n) is 6.86. The van der Waals surface area contributed by atoms with Crippen molar-refractivity contribution in [1.29, 1.82) is 0 Å². The second-order valence-corrected chi connectivity index (χ2v) is 5.22. The molecule has 1 aromatic carbocycles. The standard InChI is InChI=1S/C15H15N5/c1-10-7-14(20-15(18-10)16-9-17-20)19-13-6-5-11-3-2-4-12(11)8-13/h5-9,19H,2-4H2,1H3. The molecule has 1 N–H and O–H groups in total. The maximum absolute atomic E-state index is 4.35. The van der Waals surface area contributed by atoms with Crippen LogP contribution < -0.4 is 5.32 Å². The van der Waals surface area contributed by atoms with Crippen LogP contribution in [0.15, 0.2) is 30.6 Å². The molecule has 20 heavy (non-hydrogen) atoms. The van der Waals surface area contributed by atoms with Crippen LogP contribution in [-0.2, 0) is 12.8 Å². The van der Waals surface area contributed by atoms with E-state index < -0.39 is 0 Å². The highest BCUT2D eigenvalue weighted by Crippen LogP contribution is 2.26. The first-order chi connectivity index (χ1) is 9.79. The lowest BCUT2D eigenvalue weighted by Gasteiger charge is -2.10. The predicted molar refractivity (Wildman–Crippen MR) is 77.3 cm³/mol. The summed E-state index contributed by atoms with van der Waals surface area (Å²) in [5, 5.41) is 7.63. The number of benzene rings is 1. The number of nitrogens with zero attached hydrogens (tertiary/aromatic N) is 4. The van der Waals surface area contributed by atoms with Crippen LogP contribution in [0, 0.1) is 6.92 Å². The van der Waals surface area contributed by atoms with Gasteiger partial charge in [-0.1, -0.05) is 6.07 Å². The van der Waals surface area contributed by atoms with Crippen molar-refractivity contribution in [2.24, 2.45) is 0 Å². The monoisotopic (exact) mass is 265 g/mol. The van der Waals surface area contributed by atoms with Gasteiger partial charge in [-0.15, -0.1) is 0 Å². The summed E-state index contributed by atoms with van der Waals surface area (Å²) in [4.78, 5) is 8.49. The largest absolute Gasteiger partial charge is 0.340 e. The fourth-order valence-electron chi connectivity index (χ4n) is 2.82. The number of fused-ring (bicyclic) bond motifs is 2. The van der Waals surface area contributed by atoms with Crippen molar-refractivity contribution < 1.29 is 0 Å². The third-order valence-corrected chi connectivity index (χ3v) is 3.75. The fraction of sp³-hybridized carbons (Fsp3) is 0.267. The molecule has 3 aromatic rings. The zero-order chi connectivity index (χ0) is 13.5. The van der Waals surface area contributed by atoms with Gasteiger partial charge in [0.05, 0.1) is 0 Å². The molecule has 0 saturated heterocycles. The molecule has 100 valence electrons. The van der Waals surface area contributed by atoms with Crippen LogP contribution in [0.3, 0.4) is 0 Å². The topological polar surface area (TPSA) is 55.1 Å². The van der Waals surface area contributed by atoms with Gasteiger partial charge in [0.1, 0.15) is 12.1 Å². The Balaban J connectivity index is 1.75. The van der Waals surface area contributed by atoms with Crippen LogP contribution in [-0.4, -0.2) is 19.6 Å². The predicted octanol–water partition coefficient (Wildman–Crippen LogP) is 2.67. The fourth-order valence-corrected chi connectivity index (χ4v) is 2.82. The molecule has 0 bridgehead atoms. The lowest BCUT2D eigenvalue weighted by Crippen LogP contribution is -2.03. The maximum Gasteiger partial charge on any atom is 0.254 e. The lowest BCUT2D eigenvalue weighted by atomic mass is 10.1. The zero-order valence-electron chi connectivity index (χ0n) is 11.3. The minimum atomic E-state index is 0.619. The summed E-state index contributed by atoms with van der Waals surface area (Å²) in [7, 11) is 0. The number of nitrogens with one attached hydrogen (secondary N) is 1. The molecule has 2 heterocycles. The van der Waals surface area contributed by atoms with Gasteiger partial charge in [0.25, 0.3) is 5.78 Å². The van der Waals surface area contributed by atoms with E-state index in [2.05, 4.69) is 38.6 Å². The molecule has 1 aliphatic carbocycles.